The molecular formula is C5H9N3S. The van der Waals surface area contributed by atoms with Crippen molar-refractivity contribution in [3.63, 3.8) is 0 Å². The molecule has 0 bridgehead atoms. The number of hydrogen-bond acceptors (Lipinski definition) is 3. The number of nitrogens with one attached hydrogen (secondary N) is 1. The number of hydrogen-bond donors (Lipinski definition) is 1. The van der Waals surface area contributed by atoms with Gasteiger partial charge in [-0.05, 0) is 6.42 Å². The maximum Gasteiger partial charge on any atom is 0.201 e. The van der Waals surface area contributed by atoms with Gasteiger partial charge in [0.05, 0.1) is 0 Å². The van der Waals surface area contributed by atoms with Crippen LogP contribution in [0.3, 0.4) is 0 Å². The Labute approximate surface area is 57.6 Å². The van der Waals surface area contributed by atoms with E-state index in [1.165, 1.54) is 11.5 Å². The van der Waals surface area contributed by atoms with Crippen molar-refractivity contribution < 1.29 is 0 Å². The first-order chi connectivity index (χ1) is 4.34. The summed E-state index contributed by atoms with van der Waals surface area (Å²) in [4.78, 5) is 0.539. The van der Waals surface area contributed by atoms with Crippen molar-refractivity contribution >= 4 is 11.5 Å². The van der Waals surface area contributed by atoms with Crippen LogP contribution in [0.25, 0.3) is 0 Å². The van der Waals surface area contributed by atoms with Crippen molar-refractivity contribution in [1.29, 1.82) is 5.41 Å². The van der Waals surface area contributed by atoms with Gasteiger partial charge in [0.15, 0.2) is 0 Å². The first-order valence-electron chi connectivity index (χ1n) is 2.90. The summed E-state index contributed by atoms with van der Waals surface area (Å²) < 4.78 is 5.70. The van der Waals surface area contributed by atoms with Crippen LogP contribution in [0, 0.1) is 5.41 Å². The molecule has 0 spiro atoms. The number of aryl methyl sites for hydroxylation is 1. The quantitative estimate of drug-likeness (QED) is 0.654. The van der Waals surface area contributed by atoms with Crippen molar-refractivity contribution in [2.24, 2.45) is 0 Å². The molecule has 1 N–H and O–H groups in total. The zero-order valence-corrected chi connectivity index (χ0v) is 6.11. The lowest BCUT2D eigenvalue weighted by molar-refractivity contribution is 0.650. The second kappa shape index (κ2) is 2.77. The molecule has 0 aliphatic carbocycles. The molecule has 1 aromatic rings. The predicted molar refractivity (Wildman–Crippen MR) is 36.2 cm³/mol. The molecule has 0 aromatic carbocycles. The molecule has 1 aromatic heterocycles. The molecule has 0 atom stereocenters. The summed E-state index contributed by atoms with van der Waals surface area (Å²) in [5.74, 6) is 0. The van der Waals surface area contributed by atoms with E-state index in [0.717, 1.165) is 13.0 Å². The van der Waals surface area contributed by atoms with Crippen LogP contribution in [-0.4, -0.2) is 8.94 Å². The van der Waals surface area contributed by atoms with Gasteiger partial charge in [0.25, 0.3) is 0 Å². The number of rotatable bonds is 2. The monoisotopic (exact) mass is 143 g/mol. The molecule has 0 aliphatic heterocycles. The first kappa shape index (κ1) is 6.48. The average Bonchev–Trinajstić information content (AvgIpc) is 2.18. The van der Waals surface area contributed by atoms with E-state index < -0.39 is 0 Å². The van der Waals surface area contributed by atoms with Crippen molar-refractivity contribution in [1.82, 2.24) is 8.94 Å². The summed E-state index contributed by atoms with van der Waals surface area (Å²) in [6.45, 7) is 3.00. The molecule has 1 heterocycles. The highest BCUT2D eigenvalue weighted by Gasteiger charge is 1.89. The lowest BCUT2D eigenvalue weighted by Crippen LogP contribution is -2.10. The second-order valence-electron chi connectivity index (χ2n) is 1.81. The van der Waals surface area contributed by atoms with Gasteiger partial charge < -0.3 is 4.57 Å². The van der Waals surface area contributed by atoms with Gasteiger partial charge in [-0.15, -0.1) is 0 Å². The van der Waals surface area contributed by atoms with Crippen LogP contribution >= 0.6 is 11.5 Å². The molecule has 0 fully saturated rings. The van der Waals surface area contributed by atoms with Crippen LogP contribution in [0.4, 0.5) is 0 Å². The molecule has 0 saturated heterocycles. The van der Waals surface area contributed by atoms with Gasteiger partial charge in [-0.25, -0.2) is 0 Å². The average molecular weight is 143 g/mol. The maximum atomic E-state index is 7.27. The Bertz CT molecular complexity index is 224. The minimum absolute atomic E-state index is 0.539. The molecule has 0 unspecified atom stereocenters. The summed E-state index contributed by atoms with van der Waals surface area (Å²) in [6, 6.07) is 0. The Morgan fingerprint density at radius 3 is 3.11 bits per heavy atom. The molecule has 0 radical (unpaired) electrons. The van der Waals surface area contributed by atoms with Gasteiger partial charge in [0.1, 0.15) is 6.33 Å². The van der Waals surface area contributed by atoms with Crippen LogP contribution in [0.5, 0.6) is 0 Å². The minimum atomic E-state index is 0.539. The van der Waals surface area contributed by atoms with E-state index in [9.17, 15) is 0 Å². The Morgan fingerprint density at radius 2 is 2.67 bits per heavy atom. The van der Waals surface area contributed by atoms with Crippen molar-refractivity contribution in [3.8, 4) is 0 Å². The number of nitrogens with zero attached hydrogens (tertiary/aromatic N) is 2. The largest absolute Gasteiger partial charge is 0.307 e. The van der Waals surface area contributed by atoms with Gasteiger partial charge >= 0.3 is 0 Å². The summed E-state index contributed by atoms with van der Waals surface area (Å²) in [5, 5.41) is 7.27. The molecule has 0 saturated carbocycles. The summed E-state index contributed by atoms with van der Waals surface area (Å²) >= 11 is 1.22. The van der Waals surface area contributed by atoms with Crippen LogP contribution < -0.4 is 4.80 Å². The summed E-state index contributed by atoms with van der Waals surface area (Å²) in [5.41, 5.74) is 0. The first-order valence-corrected chi connectivity index (χ1v) is 3.67. The third kappa shape index (κ3) is 1.38. The lowest BCUT2D eigenvalue weighted by atomic mass is 10.5. The van der Waals surface area contributed by atoms with Gasteiger partial charge in [-0.2, -0.15) is 4.37 Å². The van der Waals surface area contributed by atoms with Crippen molar-refractivity contribution in [2.45, 2.75) is 19.9 Å². The molecule has 9 heavy (non-hydrogen) atoms. The Hall–Kier alpha value is -0.640. The zero-order chi connectivity index (χ0) is 6.69. The minimum Gasteiger partial charge on any atom is -0.307 e. The molecule has 50 valence electrons. The lowest BCUT2D eigenvalue weighted by Gasteiger charge is -1.93. The van der Waals surface area contributed by atoms with E-state index >= 15 is 0 Å². The van der Waals surface area contributed by atoms with Gasteiger partial charge in [0, 0.05) is 18.1 Å². The summed E-state index contributed by atoms with van der Waals surface area (Å²) in [6.07, 6.45) is 2.77. The molecule has 4 heteroatoms. The van der Waals surface area contributed by atoms with E-state index in [4.69, 9.17) is 5.41 Å². The van der Waals surface area contributed by atoms with E-state index in [1.54, 1.807) is 6.33 Å². The second-order valence-corrected chi connectivity index (χ2v) is 2.59. The normalized spacial score (nSPS) is 9.89. The van der Waals surface area contributed by atoms with E-state index in [2.05, 4.69) is 11.3 Å². The highest BCUT2D eigenvalue weighted by atomic mass is 32.1. The van der Waals surface area contributed by atoms with Crippen LogP contribution in [-0.2, 0) is 6.54 Å². The van der Waals surface area contributed by atoms with E-state index in [-0.39, 0.29) is 0 Å². The molecule has 1 rings (SSSR count). The SMILES string of the molecule is CCCn1cnsc1=N. The highest BCUT2D eigenvalue weighted by molar-refractivity contribution is 7.02. The van der Waals surface area contributed by atoms with Gasteiger partial charge in [-0.3, -0.25) is 5.41 Å². The van der Waals surface area contributed by atoms with Crippen molar-refractivity contribution in [2.75, 3.05) is 0 Å². The standard InChI is InChI=1S/C5H9N3S/c1-2-3-8-4-7-9-5(8)6/h4,6H,2-3H2,1H3. The van der Waals surface area contributed by atoms with Crippen LogP contribution in [0.2, 0.25) is 0 Å². The van der Waals surface area contributed by atoms with Crippen LogP contribution in [0.15, 0.2) is 6.33 Å². The Balaban J connectivity index is 2.81. The number of aromatic nitrogens is 2. The zero-order valence-electron chi connectivity index (χ0n) is 5.29. The topological polar surface area (TPSA) is 41.7 Å². The third-order valence-electron chi connectivity index (χ3n) is 1.05. The Morgan fingerprint density at radius 1 is 1.89 bits per heavy atom. The van der Waals surface area contributed by atoms with Crippen molar-refractivity contribution in [3.05, 3.63) is 11.1 Å². The fourth-order valence-electron chi connectivity index (χ4n) is 0.635. The molecule has 3 nitrogen and oxygen atoms in total. The summed E-state index contributed by atoms with van der Waals surface area (Å²) in [7, 11) is 0. The van der Waals surface area contributed by atoms with E-state index in [1.807, 2.05) is 4.57 Å². The highest BCUT2D eigenvalue weighted by Crippen LogP contribution is 1.85. The third-order valence-corrected chi connectivity index (χ3v) is 1.66. The van der Waals surface area contributed by atoms with Gasteiger partial charge in [-0.1, -0.05) is 6.92 Å². The van der Waals surface area contributed by atoms with E-state index in [0.29, 0.717) is 4.80 Å². The molecule has 0 aliphatic rings. The van der Waals surface area contributed by atoms with Gasteiger partial charge in [0.2, 0.25) is 4.80 Å². The van der Waals surface area contributed by atoms with Crippen LogP contribution in [0.1, 0.15) is 13.3 Å². The molecule has 0 amide bonds. The Kier molecular flexibility index (Phi) is 2.00. The predicted octanol–water partition coefficient (Wildman–Crippen LogP) is 0.834. The molecular weight excluding hydrogens is 134 g/mol. The fraction of sp³-hybridized carbons (Fsp3) is 0.600. The maximum absolute atomic E-state index is 7.27. The smallest absolute Gasteiger partial charge is 0.201 e. The fourth-order valence-corrected chi connectivity index (χ4v) is 1.14.